The molecule has 1 aromatic carbocycles. The van der Waals surface area contributed by atoms with E-state index in [-0.39, 0.29) is 24.4 Å². The van der Waals surface area contributed by atoms with Crippen molar-refractivity contribution in [3.63, 3.8) is 0 Å². The third kappa shape index (κ3) is 4.18. The van der Waals surface area contributed by atoms with Gasteiger partial charge in [-0.3, -0.25) is 4.79 Å². The van der Waals surface area contributed by atoms with Gasteiger partial charge >= 0.3 is 0 Å². The molecule has 0 aromatic heterocycles. The lowest BCUT2D eigenvalue weighted by molar-refractivity contribution is 0.0930. The Balaban J connectivity index is 0.00000242. The van der Waals surface area contributed by atoms with Gasteiger partial charge in [-0.15, -0.1) is 12.4 Å². The molecule has 0 spiro atoms. The second kappa shape index (κ2) is 8.70. The summed E-state index contributed by atoms with van der Waals surface area (Å²) in [6.07, 6.45) is 2.06. The molecule has 1 aliphatic heterocycles. The highest BCUT2D eigenvalue weighted by atomic mass is 35.5. The van der Waals surface area contributed by atoms with Gasteiger partial charge in [0.2, 0.25) is 5.75 Å². The summed E-state index contributed by atoms with van der Waals surface area (Å²) in [6.45, 7) is 1.81. The van der Waals surface area contributed by atoms with Crippen molar-refractivity contribution in [3.8, 4) is 17.2 Å². The predicted molar refractivity (Wildman–Crippen MR) is 86.7 cm³/mol. The van der Waals surface area contributed by atoms with Crippen LogP contribution >= 0.6 is 12.4 Å². The summed E-state index contributed by atoms with van der Waals surface area (Å²) >= 11 is 0. The number of hydrogen-bond donors (Lipinski definition) is 2. The molecule has 22 heavy (non-hydrogen) atoms. The predicted octanol–water partition coefficient (Wildman–Crippen LogP) is 1.62. The number of carbonyl (C=O) groups excluding carboxylic acids is 1. The molecule has 7 heteroatoms. The first-order valence-corrected chi connectivity index (χ1v) is 7.01. The Morgan fingerprint density at radius 3 is 2.27 bits per heavy atom. The second-order valence-electron chi connectivity index (χ2n) is 4.93. The minimum atomic E-state index is -0.136. The number of piperidine rings is 1. The van der Waals surface area contributed by atoms with E-state index in [0.29, 0.717) is 22.8 Å². The zero-order chi connectivity index (χ0) is 15.2. The fourth-order valence-corrected chi connectivity index (χ4v) is 2.46. The molecule has 0 aliphatic carbocycles. The summed E-state index contributed by atoms with van der Waals surface area (Å²) in [6, 6.07) is 3.48. The van der Waals surface area contributed by atoms with Crippen LogP contribution in [0.2, 0.25) is 0 Å². The molecule has 6 nitrogen and oxygen atoms in total. The van der Waals surface area contributed by atoms with E-state index in [1.165, 1.54) is 21.3 Å². The average Bonchev–Trinajstić information content (AvgIpc) is 2.54. The van der Waals surface area contributed by atoms with Gasteiger partial charge in [0.15, 0.2) is 11.5 Å². The minimum Gasteiger partial charge on any atom is -0.493 e. The van der Waals surface area contributed by atoms with Crippen molar-refractivity contribution in [2.75, 3.05) is 34.4 Å². The number of carbonyl (C=O) groups is 1. The monoisotopic (exact) mass is 330 g/mol. The number of amides is 1. The standard InChI is InChI=1S/C15H22N2O4.ClH/c1-19-12-7-10(8-13(20-2)14(12)21-3)15(18)17-11-5-4-6-16-9-11;/h7-8,11,16H,4-6,9H2,1-3H3,(H,17,18);1H. The lowest BCUT2D eigenvalue weighted by Crippen LogP contribution is -2.45. The molecule has 0 radical (unpaired) electrons. The molecule has 1 saturated heterocycles. The zero-order valence-corrected chi connectivity index (χ0v) is 13.9. The average molecular weight is 331 g/mol. The fourth-order valence-electron chi connectivity index (χ4n) is 2.46. The number of nitrogens with one attached hydrogen (secondary N) is 2. The maximum Gasteiger partial charge on any atom is 0.251 e. The minimum absolute atomic E-state index is 0. The molecule has 2 rings (SSSR count). The Kier molecular flexibility index (Phi) is 7.27. The number of benzene rings is 1. The third-order valence-corrected chi connectivity index (χ3v) is 3.56. The van der Waals surface area contributed by atoms with Gasteiger partial charge in [-0.05, 0) is 31.5 Å². The van der Waals surface area contributed by atoms with E-state index in [4.69, 9.17) is 14.2 Å². The van der Waals surface area contributed by atoms with Gasteiger partial charge in [0.05, 0.1) is 21.3 Å². The Hall–Kier alpha value is -1.66. The number of methoxy groups -OCH3 is 3. The molecule has 2 N–H and O–H groups in total. The molecular formula is C15H23ClN2O4. The summed E-state index contributed by atoms with van der Waals surface area (Å²) in [7, 11) is 4.60. The molecule has 124 valence electrons. The highest BCUT2D eigenvalue weighted by molar-refractivity contribution is 5.95. The first-order valence-electron chi connectivity index (χ1n) is 7.01. The van der Waals surface area contributed by atoms with Crippen LogP contribution in [0.15, 0.2) is 12.1 Å². The van der Waals surface area contributed by atoms with Crippen molar-refractivity contribution >= 4 is 18.3 Å². The molecular weight excluding hydrogens is 308 g/mol. The van der Waals surface area contributed by atoms with Gasteiger partial charge in [0, 0.05) is 18.2 Å². The van der Waals surface area contributed by atoms with Gasteiger partial charge in [-0.2, -0.15) is 0 Å². The van der Waals surface area contributed by atoms with Gasteiger partial charge in [0.1, 0.15) is 0 Å². The van der Waals surface area contributed by atoms with Crippen molar-refractivity contribution in [3.05, 3.63) is 17.7 Å². The Morgan fingerprint density at radius 1 is 1.18 bits per heavy atom. The van der Waals surface area contributed by atoms with Crippen molar-refractivity contribution in [2.24, 2.45) is 0 Å². The summed E-state index contributed by atoms with van der Waals surface area (Å²) in [5.41, 5.74) is 0.495. The summed E-state index contributed by atoms with van der Waals surface area (Å²) in [5, 5.41) is 6.29. The van der Waals surface area contributed by atoms with Crippen molar-refractivity contribution in [2.45, 2.75) is 18.9 Å². The van der Waals surface area contributed by atoms with E-state index in [2.05, 4.69) is 10.6 Å². The first-order chi connectivity index (χ1) is 10.2. The molecule has 1 fully saturated rings. The maximum atomic E-state index is 12.4. The Labute approximate surface area is 136 Å². The summed E-state index contributed by atoms with van der Waals surface area (Å²) in [4.78, 5) is 12.4. The fraction of sp³-hybridized carbons (Fsp3) is 0.533. The third-order valence-electron chi connectivity index (χ3n) is 3.56. The molecule has 1 unspecified atom stereocenters. The van der Waals surface area contributed by atoms with Gasteiger partial charge < -0.3 is 24.8 Å². The summed E-state index contributed by atoms with van der Waals surface area (Å²) < 4.78 is 15.8. The zero-order valence-electron chi connectivity index (χ0n) is 13.1. The van der Waals surface area contributed by atoms with Crippen LogP contribution < -0.4 is 24.8 Å². The molecule has 1 aromatic rings. The van der Waals surface area contributed by atoms with Crippen molar-refractivity contribution in [1.29, 1.82) is 0 Å². The number of halogens is 1. The van der Waals surface area contributed by atoms with Crippen LogP contribution in [0.3, 0.4) is 0 Å². The molecule has 1 amide bonds. The molecule has 0 saturated carbocycles. The molecule has 0 bridgehead atoms. The van der Waals surface area contributed by atoms with Crippen LogP contribution in [-0.4, -0.2) is 46.4 Å². The van der Waals surface area contributed by atoms with E-state index in [1.54, 1.807) is 12.1 Å². The molecule has 1 atom stereocenters. The number of ether oxygens (including phenoxy) is 3. The SMILES string of the molecule is COc1cc(C(=O)NC2CCCNC2)cc(OC)c1OC.Cl. The van der Waals surface area contributed by atoms with E-state index < -0.39 is 0 Å². The van der Waals surface area contributed by atoms with Crippen LogP contribution in [0.5, 0.6) is 17.2 Å². The van der Waals surface area contributed by atoms with E-state index in [9.17, 15) is 4.79 Å². The smallest absolute Gasteiger partial charge is 0.251 e. The van der Waals surface area contributed by atoms with Gasteiger partial charge in [-0.25, -0.2) is 0 Å². The largest absolute Gasteiger partial charge is 0.493 e. The highest BCUT2D eigenvalue weighted by Gasteiger charge is 2.20. The Morgan fingerprint density at radius 2 is 1.82 bits per heavy atom. The van der Waals surface area contributed by atoms with E-state index >= 15 is 0 Å². The quantitative estimate of drug-likeness (QED) is 0.858. The van der Waals surface area contributed by atoms with Crippen LogP contribution in [0.1, 0.15) is 23.2 Å². The molecule has 1 aliphatic rings. The summed E-state index contributed by atoms with van der Waals surface area (Å²) in [5.74, 6) is 1.30. The van der Waals surface area contributed by atoms with Crippen LogP contribution in [0.25, 0.3) is 0 Å². The molecule has 1 heterocycles. The normalized spacial score (nSPS) is 17.1. The lowest BCUT2D eigenvalue weighted by Gasteiger charge is -2.24. The Bertz CT molecular complexity index is 479. The number of rotatable bonds is 5. The van der Waals surface area contributed by atoms with Crippen LogP contribution in [0.4, 0.5) is 0 Å². The maximum absolute atomic E-state index is 12.4. The highest BCUT2D eigenvalue weighted by Crippen LogP contribution is 2.38. The lowest BCUT2D eigenvalue weighted by atomic mass is 10.1. The first kappa shape index (κ1) is 18.4. The van der Waals surface area contributed by atoms with Crippen molar-refractivity contribution < 1.29 is 19.0 Å². The van der Waals surface area contributed by atoms with Gasteiger partial charge in [-0.1, -0.05) is 0 Å². The second-order valence-corrected chi connectivity index (χ2v) is 4.93. The van der Waals surface area contributed by atoms with Crippen molar-refractivity contribution in [1.82, 2.24) is 10.6 Å². The van der Waals surface area contributed by atoms with E-state index in [0.717, 1.165) is 25.9 Å². The van der Waals surface area contributed by atoms with Crippen LogP contribution in [0, 0.1) is 0 Å². The van der Waals surface area contributed by atoms with E-state index in [1.807, 2.05) is 0 Å². The van der Waals surface area contributed by atoms with Crippen LogP contribution in [-0.2, 0) is 0 Å². The number of hydrogen-bond acceptors (Lipinski definition) is 5. The topological polar surface area (TPSA) is 68.8 Å². The van der Waals surface area contributed by atoms with Gasteiger partial charge in [0.25, 0.3) is 5.91 Å².